The van der Waals surface area contributed by atoms with Gasteiger partial charge in [0.25, 0.3) is 5.91 Å². The number of halogens is 1. The maximum absolute atomic E-state index is 12.4. The van der Waals surface area contributed by atoms with Crippen LogP contribution in [0.1, 0.15) is 36.2 Å². The molecule has 0 aliphatic carbocycles. The van der Waals surface area contributed by atoms with Crippen molar-refractivity contribution >= 4 is 33.2 Å². The summed E-state index contributed by atoms with van der Waals surface area (Å²) in [6.07, 6.45) is 0.763. The monoisotopic (exact) mass is 394 g/mol. The molecule has 0 aromatic heterocycles. The quantitative estimate of drug-likeness (QED) is 0.738. The second kappa shape index (κ2) is 8.66. The molecule has 2 N–H and O–H groups in total. The Hall–Kier alpha value is -1.89. The van der Waals surface area contributed by atoms with E-state index in [1.54, 1.807) is 18.2 Å². The lowest BCUT2D eigenvalue weighted by atomic mass is 10.1. The second-order valence-corrected chi connectivity index (χ2v) is 8.65. The molecular formula is C19H23ClN2O3S. The fraction of sp³-hybridized carbons (Fsp3) is 0.316. The lowest BCUT2D eigenvalue weighted by Crippen LogP contribution is -2.25. The van der Waals surface area contributed by atoms with Crippen molar-refractivity contribution in [2.45, 2.75) is 32.1 Å². The third-order valence-electron chi connectivity index (χ3n) is 3.96. The predicted molar refractivity (Wildman–Crippen MR) is 105 cm³/mol. The first-order valence-corrected chi connectivity index (χ1v) is 10.2. The average molecular weight is 395 g/mol. The Morgan fingerprint density at radius 3 is 2.38 bits per heavy atom. The summed E-state index contributed by atoms with van der Waals surface area (Å²) in [6.45, 7) is 6.26. The van der Waals surface area contributed by atoms with Crippen LogP contribution in [0.5, 0.6) is 0 Å². The van der Waals surface area contributed by atoms with Gasteiger partial charge in [-0.15, -0.1) is 0 Å². The zero-order chi connectivity index (χ0) is 19.3. The Kier molecular flexibility index (Phi) is 6.81. The van der Waals surface area contributed by atoms with Crippen LogP contribution in [0.2, 0.25) is 5.02 Å². The van der Waals surface area contributed by atoms with Gasteiger partial charge in [0.15, 0.2) is 0 Å². The SMILES string of the molecule is Cc1c(Cl)cccc1NC(=O)c1ccc(S(=O)(=O)NCCC(C)C)cc1. The summed E-state index contributed by atoms with van der Waals surface area (Å²) >= 11 is 6.05. The van der Waals surface area contributed by atoms with Crippen molar-refractivity contribution < 1.29 is 13.2 Å². The minimum absolute atomic E-state index is 0.136. The average Bonchev–Trinajstić information content (AvgIpc) is 2.58. The largest absolute Gasteiger partial charge is 0.322 e. The van der Waals surface area contributed by atoms with Crippen molar-refractivity contribution in [2.24, 2.45) is 5.92 Å². The summed E-state index contributed by atoms with van der Waals surface area (Å²) in [5, 5.41) is 3.35. The standard InChI is InChI=1S/C19H23ClN2O3S/c1-13(2)11-12-21-26(24,25)16-9-7-15(8-10-16)19(23)22-18-6-4-5-17(20)14(18)3/h4-10,13,21H,11-12H2,1-3H3,(H,22,23). The molecule has 0 radical (unpaired) electrons. The van der Waals surface area contributed by atoms with Crippen molar-refractivity contribution in [3.05, 3.63) is 58.6 Å². The smallest absolute Gasteiger partial charge is 0.255 e. The van der Waals surface area contributed by atoms with Gasteiger partial charge in [-0.1, -0.05) is 31.5 Å². The van der Waals surface area contributed by atoms with Crippen LogP contribution in [-0.2, 0) is 10.0 Å². The molecule has 2 aromatic carbocycles. The van der Waals surface area contributed by atoms with Crippen LogP contribution in [0.15, 0.2) is 47.4 Å². The summed E-state index contributed by atoms with van der Waals surface area (Å²) in [5.74, 6) is 0.0887. The molecule has 0 aliphatic rings. The van der Waals surface area contributed by atoms with Crippen LogP contribution in [0.4, 0.5) is 5.69 Å². The number of rotatable bonds is 7. The maximum Gasteiger partial charge on any atom is 0.255 e. The molecule has 0 saturated carbocycles. The Morgan fingerprint density at radius 2 is 1.77 bits per heavy atom. The van der Waals surface area contributed by atoms with E-state index in [9.17, 15) is 13.2 Å². The van der Waals surface area contributed by atoms with E-state index in [4.69, 9.17) is 11.6 Å². The molecule has 2 aromatic rings. The van der Waals surface area contributed by atoms with E-state index in [0.29, 0.717) is 28.7 Å². The van der Waals surface area contributed by atoms with Crippen LogP contribution in [0.25, 0.3) is 0 Å². The number of carbonyl (C=O) groups excluding carboxylic acids is 1. The minimum Gasteiger partial charge on any atom is -0.322 e. The summed E-state index contributed by atoms with van der Waals surface area (Å²) in [6, 6.07) is 11.1. The molecule has 2 rings (SSSR count). The van der Waals surface area contributed by atoms with E-state index >= 15 is 0 Å². The topological polar surface area (TPSA) is 75.3 Å². The number of hydrogen-bond acceptors (Lipinski definition) is 3. The van der Waals surface area contributed by atoms with Crippen molar-refractivity contribution in [2.75, 3.05) is 11.9 Å². The van der Waals surface area contributed by atoms with Gasteiger partial charge in [-0.2, -0.15) is 0 Å². The van der Waals surface area contributed by atoms with Gasteiger partial charge < -0.3 is 5.32 Å². The number of carbonyl (C=O) groups is 1. The van der Waals surface area contributed by atoms with Crippen LogP contribution < -0.4 is 10.0 Å². The molecular weight excluding hydrogens is 372 g/mol. The molecule has 1 amide bonds. The summed E-state index contributed by atoms with van der Waals surface area (Å²) in [4.78, 5) is 12.5. The van der Waals surface area contributed by atoms with Crippen LogP contribution in [0.3, 0.4) is 0 Å². The fourth-order valence-electron chi connectivity index (χ4n) is 2.29. The first kappa shape index (κ1) is 20.4. The highest BCUT2D eigenvalue weighted by Crippen LogP contribution is 2.23. The lowest BCUT2D eigenvalue weighted by Gasteiger charge is -2.11. The minimum atomic E-state index is -3.57. The van der Waals surface area contributed by atoms with Gasteiger partial charge in [0.2, 0.25) is 10.0 Å². The van der Waals surface area contributed by atoms with Crippen molar-refractivity contribution in [3.63, 3.8) is 0 Å². The van der Waals surface area contributed by atoms with Crippen molar-refractivity contribution in [1.29, 1.82) is 0 Å². The third kappa shape index (κ3) is 5.30. The highest BCUT2D eigenvalue weighted by molar-refractivity contribution is 7.89. The molecule has 7 heteroatoms. The normalized spacial score (nSPS) is 11.6. The molecule has 26 heavy (non-hydrogen) atoms. The first-order valence-electron chi connectivity index (χ1n) is 8.37. The maximum atomic E-state index is 12.4. The Bertz CT molecular complexity index is 878. The Morgan fingerprint density at radius 1 is 1.12 bits per heavy atom. The summed E-state index contributed by atoms with van der Waals surface area (Å²) in [5.41, 5.74) is 1.76. The molecule has 0 saturated heterocycles. The van der Waals surface area contributed by atoms with Crippen LogP contribution in [0, 0.1) is 12.8 Å². The van der Waals surface area contributed by atoms with E-state index in [1.807, 2.05) is 20.8 Å². The molecule has 5 nitrogen and oxygen atoms in total. The fourth-order valence-corrected chi connectivity index (χ4v) is 3.51. The van der Waals surface area contributed by atoms with Gasteiger partial charge in [-0.25, -0.2) is 13.1 Å². The number of benzene rings is 2. The molecule has 0 unspecified atom stereocenters. The number of amides is 1. The molecule has 0 spiro atoms. The molecule has 0 aliphatic heterocycles. The molecule has 0 heterocycles. The van der Waals surface area contributed by atoms with Crippen molar-refractivity contribution in [1.82, 2.24) is 4.72 Å². The summed E-state index contributed by atoms with van der Waals surface area (Å²) in [7, 11) is -3.57. The van der Waals surface area contributed by atoms with Gasteiger partial charge in [0.1, 0.15) is 0 Å². The number of hydrogen-bond donors (Lipinski definition) is 2. The van der Waals surface area contributed by atoms with Gasteiger partial charge in [-0.3, -0.25) is 4.79 Å². The molecule has 0 fully saturated rings. The van der Waals surface area contributed by atoms with Gasteiger partial charge >= 0.3 is 0 Å². The van der Waals surface area contributed by atoms with Gasteiger partial charge in [-0.05, 0) is 61.2 Å². The highest BCUT2D eigenvalue weighted by Gasteiger charge is 2.15. The van der Waals surface area contributed by atoms with E-state index in [0.717, 1.165) is 12.0 Å². The van der Waals surface area contributed by atoms with Gasteiger partial charge in [0.05, 0.1) is 4.90 Å². The van der Waals surface area contributed by atoms with E-state index in [2.05, 4.69) is 10.0 Å². The molecule has 0 atom stereocenters. The highest BCUT2D eigenvalue weighted by atomic mass is 35.5. The predicted octanol–water partition coefficient (Wildman–Crippen LogP) is 4.23. The summed E-state index contributed by atoms with van der Waals surface area (Å²) < 4.78 is 27.0. The zero-order valence-corrected chi connectivity index (χ0v) is 16.6. The first-order chi connectivity index (χ1) is 12.2. The van der Waals surface area contributed by atoms with Crippen LogP contribution in [-0.4, -0.2) is 20.9 Å². The zero-order valence-electron chi connectivity index (χ0n) is 15.0. The molecule has 0 bridgehead atoms. The van der Waals surface area contributed by atoms with E-state index in [-0.39, 0.29) is 10.8 Å². The lowest BCUT2D eigenvalue weighted by molar-refractivity contribution is 0.102. The molecule has 140 valence electrons. The van der Waals surface area contributed by atoms with E-state index < -0.39 is 10.0 Å². The van der Waals surface area contributed by atoms with Crippen LogP contribution >= 0.6 is 11.6 Å². The number of nitrogens with one attached hydrogen (secondary N) is 2. The second-order valence-electron chi connectivity index (χ2n) is 6.47. The Labute approximate surface area is 159 Å². The van der Waals surface area contributed by atoms with Crippen molar-refractivity contribution in [3.8, 4) is 0 Å². The van der Waals surface area contributed by atoms with E-state index in [1.165, 1.54) is 24.3 Å². The Balaban J connectivity index is 2.08. The number of sulfonamides is 1. The number of anilines is 1. The van der Waals surface area contributed by atoms with Gasteiger partial charge in [0, 0.05) is 22.8 Å². The third-order valence-corrected chi connectivity index (χ3v) is 5.84.